The van der Waals surface area contributed by atoms with Crippen molar-refractivity contribution in [1.29, 1.82) is 0 Å². The van der Waals surface area contributed by atoms with Gasteiger partial charge >= 0.3 is 11.9 Å². The van der Waals surface area contributed by atoms with Gasteiger partial charge in [-0.3, -0.25) is 0 Å². The number of carbonyl (C=O) groups excluding carboxylic acids is 1. The second-order valence-electron chi connectivity index (χ2n) is 6.72. The molecule has 0 aromatic carbocycles. The highest BCUT2D eigenvalue weighted by Crippen LogP contribution is 2.33. The lowest BCUT2D eigenvalue weighted by molar-refractivity contribution is -0.137. The molecule has 4 nitrogen and oxygen atoms in total. The summed E-state index contributed by atoms with van der Waals surface area (Å²) in [5.41, 5.74) is 3.36. The van der Waals surface area contributed by atoms with E-state index in [1.54, 1.807) is 0 Å². The van der Waals surface area contributed by atoms with Crippen LogP contribution < -0.4 is 0 Å². The van der Waals surface area contributed by atoms with Crippen molar-refractivity contribution in [2.24, 2.45) is 5.92 Å². The normalized spacial score (nSPS) is 33.0. The number of hydrogen-bond acceptors (Lipinski definition) is 3. The Morgan fingerprint density at radius 1 is 1.17 bits per heavy atom. The molecule has 1 unspecified atom stereocenters. The molecule has 2 aliphatic rings. The van der Waals surface area contributed by atoms with Gasteiger partial charge in [-0.05, 0) is 58.4 Å². The number of carboxylic acid groups (broad SMARTS) is 1. The van der Waals surface area contributed by atoms with Crippen LogP contribution in [0.25, 0.3) is 0 Å². The van der Waals surface area contributed by atoms with E-state index in [1.807, 2.05) is 26.0 Å². The second kappa shape index (κ2) is 8.13. The van der Waals surface area contributed by atoms with Crippen LogP contribution in [-0.2, 0) is 14.3 Å². The molecule has 2 atom stereocenters. The molecule has 2 rings (SSSR count). The summed E-state index contributed by atoms with van der Waals surface area (Å²) in [6, 6.07) is 0. The Labute approximate surface area is 143 Å². The van der Waals surface area contributed by atoms with Crippen molar-refractivity contribution in [3.05, 3.63) is 47.1 Å². The summed E-state index contributed by atoms with van der Waals surface area (Å²) in [4.78, 5) is 23.2. The lowest BCUT2D eigenvalue weighted by Crippen LogP contribution is -2.15. The Bertz CT molecular complexity index is 622. The Morgan fingerprint density at radius 3 is 2.58 bits per heavy atom. The standard InChI is InChI=1S/C20H26O4/c1-13-6-4-8-16(19(21)22)9-5-7-14(2)12-18-17(11-10-13)15(3)20(23)24-18/h6,9,12,17-18H,3-5,7-8,10-11H2,1-2H3,(H,21,22)/b13-6+,14-12+,16-9-/t17?,18-/m0/s1. The third-order valence-electron chi connectivity index (χ3n) is 4.76. The molecule has 1 saturated heterocycles. The maximum absolute atomic E-state index is 11.8. The lowest BCUT2D eigenvalue weighted by atomic mass is 9.89. The second-order valence-corrected chi connectivity index (χ2v) is 6.72. The van der Waals surface area contributed by atoms with Crippen molar-refractivity contribution < 1.29 is 19.4 Å². The molecule has 4 heteroatoms. The molecular formula is C20H26O4. The van der Waals surface area contributed by atoms with E-state index < -0.39 is 5.97 Å². The minimum absolute atomic E-state index is 0.0314. The zero-order valence-electron chi connectivity index (χ0n) is 14.5. The quantitative estimate of drug-likeness (QED) is 0.441. The van der Waals surface area contributed by atoms with Gasteiger partial charge in [0.15, 0.2) is 0 Å². The molecular weight excluding hydrogens is 304 g/mol. The summed E-state index contributed by atoms with van der Waals surface area (Å²) in [6.07, 6.45) is 10.1. The van der Waals surface area contributed by atoms with E-state index in [0.29, 0.717) is 24.0 Å². The molecule has 1 aliphatic carbocycles. The van der Waals surface area contributed by atoms with E-state index in [4.69, 9.17) is 4.74 Å². The molecule has 0 bridgehead atoms. The van der Waals surface area contributed by atoms with E-state index >= 15 is 0 Å². The lowest BCUT2D eigenvalue weighted by Gasteiger charge is -2.16. The van der Waals surface area contributed by atoms with Crippen molar-refractivity contribution in [1.82, 2.24) is 0 Å². The average Bonchev–Trinajstić information content (AvgIpc) is 2.77. The van der Waals surface area contributed by atoms with Gasteiger partial charge in [-0.1, -0.05) is 29.9 Å². The predicted molar refractivity (Wildman–Crippen MR) is 93.4 cm³/mol. The number of fused-ring (bicyclic) bond motifs is 1. The van der Waals surface area contributed by atoms with Crippen molar-refractivity contribution >= 4 is 11.9 Å². The van der Waals surface area contributed by atoms with E-state index in [2.05, 4.69) is 12.7 Å². The van der Waals surface area contributed by atoms with Crippen LogP contribution in [0.15, 0.2) is 47.1 Å². The molecule has 130 valence electrons. The highest BCUT2D eigenvalue weighted by molar-refractivity contribution is 5.91. The topological polar surface area (TPSA) is 63.6 Å². The molecule has 0 spiro atoms. The summed E-state index contributed by atoms with van der Waals surface area (Å²) >= 11 is 0. The van der Waals surface area contributed by atoms with Crippen molar-refractivity contribution in [3.63, 3.8) is 0 Å². The fourth-order valence-electron chi connectivity index (χ4n) is 3.21. The fraction of sp³-hybridized carbons (Fsp3) is 0.500. The molecule has 0 amide bonds. The van der Waals surface area contributed by atoms with Crippen LogP contribution in [0.5, 0.6) is 0 Å². The zero-order valence-corrected chi connectivity index (χ0v) is 14.5. The number of aliphatic carboxylic acids is 1. The van der Waals surface area contributed by atoms with Crippen LogP contribution in [0.1, 0.15) is 52.4 Å². The van der Waals surface area contributed by atoms with Crippen LogP contribution in [0.3, 0.4) is 0 Å². The van der Waals surface area contributed by atoms with Crippen molar-refractivity contribution in [2.75, 3.05) is 0 Å². The molecule has 0 saturated carbocycles. The maximum Gasteiger partial charge on any atom is 0.334 e. The van der Waals surface area contributed by atoms with E-state index in [0.717, 1.165) is 31.3 Å². The Morgan fingerprint density at radius 2 is 1.88 bits per heavy atom. The van der Waals surface area contributed by atoms with Gasteiger partial charge in [0, 0.05) is 17.1 Å². The first-order valence-electron chi connectivity index (χ1n) is 8.53. The van der Waals surface area contributed by atoms with Gasteiger partial charge in [0.25, 0.3) is 0 Å². The van der Waals surface area contributed by atoms with Gasteiger partial charge in [-0.15, -0.1) is 0 Å². The summed E-state index contributed by atoms with van der Waals surface area (Å²) in [7, 11) is 0. The summed E-state index contributed by atoms with van der Waals surface area (Å²) in [5, 5.41) is 9.29. The third kappa shape index (κ3) is 4.70. The van der Waals surface area contributed by atoms with Crippen molar-refractivity contribution in [3.8, 4) is 0 Å². The van der Waals surface area contributed by atoms with Gasteiger partial charge in [-0.2, -0.15) is 0 Å². The van der Waals surface area contributed by atoms with Gasteiger partial charge in [0.1, 0.15) is 6.10 Å². The SMILES string of the molecule is C=C1C(=O)O[C@H]2/C=C(\C)CC/C=C(\C(=O)O)CC/C=C(\C)CCC12. The Hall–Kier alpha value is -2.10. The summed E-state index contributed by atoms with van der Waals surface area (Å²) < 4.78 is 5.46. The van der Waals surface area contributed by atoms with Gasteiger partial charge in [0.2, 0.25) is 0 Å². The van der Waals surface area contributed by atoms with Crippen molar-refractivity contribution in [2.45, 2.75) is 58.5 Å². The first-order chi connectivity index (χ1) is 11.4. The van der Waals surface area contributed by atoms with Gasteiger partial charge in [-0.25, -0.2) is 9.59 Å². The molecule has 24 heavy (non-hydrogen) atoms. The van der Waals surface area contributed by atoms with Gasteiger partial charge in [0.05, 0.1) is 0 Å². The monoisotopic (exact) mass is 330 g/mol. The number of ether oxygens (including phenoxy) is 1. The number of carbonyl (C=O) groups is 2. The largest absolute Gasteiger partial charge is 0.478 e. The fourth-order valence-corrected chi connectivity index (χ4v) is 3.21. The number of hydrogen-bond donors (Lipinski definition) is 1. The molecule has 0 aromatic heterocycles. The summed E-state index contributed by atoms with van der Waals surface area (Å²) in [5.74, 6) is -1.10. The molecule has 1 N–H and O–H groups in total. The Balaban J connectivity index is 2.23. The smallest absolute Gasteiger partial charge is 0.334 e. The number of allylic oxidation sites excluding steroid dienone is 4. The van der Waals surface area contributed by atoms with E-state index in [-0.39, 0.29) is 18.0 Å². The molecule has 1 aliphatic heterocycles. The van der Waals surface area contributed by atoms with Crippen LogP contribution >= 0.6 is 0 Å². The highest BCUT2D eigenvalue weighted by Gasteiger charge is 2.36. The molecule has 1 heterocycles. The number of carboxylic acids is 1. The van der Waals surface area contributed by atoms with Crippen LogP contribution in [0, 0.1) is 5.92 Å². The summed E-state index contributed by atoms with van der Waals surface area (Å²) in [6.45, 7) is 7.95. The highest BCUT2D eigenvalue weighted by atomic mass is 16.5. The minimum atomic E-state index is -0.837. The van der Waals surface area contributed by atoms with E-state index in [1.165, 1.54) is 5.57 Å². The molecule has 1 fully saturated rings. The molecule has 0 aromatic rings. The zero-order chi connectivity index (χ0) is 17.7. The van der Waals surface area contributed by atoms with Gasteiger partial charge < -0.3 is 9.84 Å². The predicted octanol–water partition coefficient (Wildman–Crippen LogP) is 4.34. The first kappa shape index (κ1) is 18.2. The van der Waals surface area contributed by atoms with Crippen LogP contribution in [-0.4, -0.2) is 23.1 Å². The number of rotatable bonds is 1. The number of esters is 1. The van der Waals surface area contributed by atoms with Crippen LogP contribution in [0.4, 0.5) is 0 Å². The first-order valence-corrected chi connectivity index (χ1v) is 8.53. The minimum Gasteiger partial charge on any atom is -0.478 e. The van der Waals surface area contributed by atoms with E-state index in [9.17, 15) is 14.7 Å². The maximum atomic E-state index is 11.8. The molecule has 0 radical (unpaired) electrons. The average molecular weight is 330 g/mol. The third-order valence-corrected chi connectivity index (χ3v) is 4.76. The van der Waals surface area contributed by atoms with Crippen LogP contribution in [0.2, 0.25) is 0 Å². The Kier molecular flexibility index (Phi) is 6.18.